The van der Waals surface area contributed by atoms with Crippen LogP contribution in [-0.2, 0) is 14.8 Å². The Morgan fingerprint density at radius 3 is 2.48 bits per heavy atom. The molecule has 2 aromatic rings. The number of hydrogen-bond donors (Lipinski definition) is 0. The van der Waals surface area contributed by atoms with Gasteiger partial charge in [0.05, 0.1) is 34.8 Å². The van der Waals surface area contributed by atoms with Gasteiger partial charge in [-0.2, -0.15) is 0 Å². The minimum absolute atomic E-state index is 0.0915. The van der Waals surface area contributed by atoms with Crippen LogP contribution in [0.4, 0.5) is 10.1 Å². The summed E-state index contributed by atoms with van der Waals surface area (Å²) in [5.74, 6) is -1.18. The summed E-state index contributed by atoms with van der Waals surface area (Å²) in [5, 5.41) is 0.125. The molecule has 0 bridgehead atoms. The molecule has 2 aromatic carbocycles. The molecule has 25 heavy (non-hydrogen) atoms. The van der Waals surface area contributed by atoms with E-state index in [-0.39, 0.29) is 27.7 Å². The van der Waals surface area contributed by atoms with Gasteiger partial charge in [-0.05, 0) is 42.5 Å². The van der Waals surface area contributed by atoms with Gasteiger partial charge in [0.15, 0.2) is 0 Å². The van der Waals surface area contributed by atoms with Crippen LogP contribution in [0.15, 0.2) is 60.0 Å². The van der Waals surface area contributed by atoms with Gasteiger partial charge in [-0.1, -0.05) is 17.7 Å². The Morgan fingerprint density at radius 2 is 1.92 bits per heavy atom. The Balaban J connectivity index is 2.59. The van der Waals surface area contributed by atoms with E-state index in [4.69, 9.17) is 11.6 Å². The van der Waals surface area contributed by atoms with Crippen molar-refractivity contribution in [2.24, 2.45) is 0 Å². The van der Waals surface area contributed by atoms with E-state index in [9.17, 15) is 17.6 Å². The molecular formula is C17H15ClFNO4S. The zero-order valence-electron chi connectivity index (χ0n) is 13.3. The number of halogens is 2. The lowest BCUT2D eigenvalue weighted by atomic mass is 10.2. The van der Waals surface area contributed by atoms with Gasteiger partial charge in [0.2, 0.25) is 0 Å². The largest absolute Gasteiger partial charge is 0.465 e. The van der Waals surface area contributed by atoms with Crippen LogP contribution in [0.3, 0.4) is 0 Å². The van der Waals surface area contributed by atoms with Crippen LogP contribution in [0.25, 0.3) is 0 Å². The van der Waals surface area contributed by atoms with Crippen LogP contribution in [-0.4, -0.2) is 28.0 Å². The molecule has 0 unspecified atom stereocenters. The molecule has 5 nitrogen and oxygen atoms in total. The number of anilines is 1. The minimum atomic E-state index is -4.05. The smallest absolute Gasteiger partial charge is 0.337 e. The fourth-order valence-electron chi connectivity index (χ4n) is 2.13. The Bertz CT molecular complexity index is 897. The molecule has 0 N–H and O–H groups in total. The molecule has 2 rings (SSSR count). The van der Waals surface area contributed by atoms with Crippen LogP contribution < -0.4 is 4.31 Å². The fourth-order valence-corrected chi connectivity index (χ4v) is 3.84. The molecule has 0 spiro atoms. The van der Waals surface area contributed by atoms with Crippen molar-refractivity contribution in [1.29, 1.82) is 0 Å². The third kappa shape index (κ3) is 4.00. The first-order chi connectivity index (χ1) is 11.8. The van der Waals surface area contributed by atoms with Crippen molar-refractivity contribution in [3.05, 3.63) is 71.5 Å². The van der Waals surface area contributed by atoms with E-state index in [1.807, 2.05) is 0 Å². The minimum Gasteiger partial charge on any atom is -0.465 e. The first-order valence-electron chi connectivity index (χ1n) is 7.08. The Labute approximate surface area is 150 Å². The monoisotopic (exact) mass is 383 g/mol. The van der Waals surface area contributed by atoms with E-state index in [1.54, 1.807) is 0 Å². The van der Waals surface area contributed by atoms with Crippen molar-refractivity contribution in [3.8, 4) is 0 Å². The zero-order chi connectivity index (χ0) is 18.6. The number of hydrogen-bond acceptors (Lipinski definition) is 4. The Morgan fingerprint density at radius 1 is 1.28 bits per heavy atom. The standard InChI is InChI=1S/C17H15ClFNO4S/c1-3-10-20(25(22,23)14-7-5-13(19)6-8-14)16-11-12(17(21)24-2)4-9-15(16)18/h3-9,11H,1,10H2,2H3. The summed E-state index contributed by atoms with van der Waals surface area (Å²) in [7, 11) is -2.83. The molecule has 0 amide bonds. The fraction of sp³-hybridized carbons (Fsp3) is 0.118. The molecule has 0 aromatic heterocycles. The maximum atomic E-state index is 13.1. The normalized spacial score (nSPS) is 11.0. The molecule has 0 heterocycles. The Kier molecular flexibility index (Phi) is 5.81. The number of methoxy groups -OCH3 is 1. The molecular weight excluding hydrogens is 369 g/mol. The first-order valence-corrected chi connectivity index (χ1v) is 8.90. The molecule has 0 radical (unpaired) electrons. The number of esters is 1. The lowest BCUT2D eigenvalue weighted by Gasteiger charge is -2.24. The highest BCUT2D eigenvalue weighted by atomic mass is 35.5. The number of carbonyl (C=O) groups excluding carboxylic acids is 1. The summed E-state index contributed by atoms with van der Waals surface area (Å²) in [6.45, 7) is 3.46. The Hall–Kier alpha value is -2.38. The second-order valence-electron chi connectivity index (χ2n) is 4.94. The molecule has 132 valence electrons. The van der Waals surface area contributed by atoms with E-state index >= 15 is 0 Å². The van der Waals surface area contributed by atoms with Gasteiger partial charge in [0, 0.05) is 0 Å². The molecule has 0 saturated heterocycles. The van der Waals surface area contributed by atoms with Crippen LogP contribution in [0.2, 0.25) is 5.02 Å². The third-order valence-corrected chi connectivity index (χ3v) is 5.45. The van der Waals surface area contributed by atoms with Crippen molar-refractivity contribution in [1.82, 2.24) is 0 Å². The SMILES string of the molecule is C=CCN(c1cc(C(=O)OC)ccc1Cl)S(=O)(=O)c1ccc(F)cc1. The van der Waals surface area contributed by atoms with Crippen molar-refractivity contribution < 1.29 is 22.3 Å². The van der Waals surface area contributed by atoms with Crippen molar-refractivity contribution in [2.75, 3.05) is 18.0 Å². The summed E-state index contributed by atoms with van der Waals surface area (Å²) in [6.07, 6.45) is 1.38. The lowest BCUT2D eigenvalue weighted by Crippen LogP contribution is -2.31. The second-order valence-corrected chi connectivity index (χ2v) is 7.21. The number of rotatable bonds is 6. The zero-order valence-corrected chi connectivity index (χ0v) is 14.8. The predicted molar refractivity (Wildman–Crippen MR) is 93.9 cm³/mol. The van der Waals surface area contributed by atoms with Crippen molar-refractivity contribution >= 4 is 33.3 Å². The maximum Gasteiger partial charge on any atom is 0.337 e. The summed E-state index contributed by atoms with van der Waals surface area (Å²) in [4.78, 5) is 11.6. The average Bonchev–Trinajstić information content (AvgIpc) is 2.60. The summed E-state index contributed by atoms with van der Waals surface area (Å²) in [5.41, 5.74) is 0.235. The molecule has 0 atom stereocenters. The van der Waals surface area contributed by atoms with Gasteiger partial charge >= 0.3 is 5.97 Å². The number of nitrogens with zero attached hydrogens (tertiary/aromatic N) is 1. The maximum absolute atomic E-state index is 13.1. The first kappa shape index (κ1) is 19.0. The predicted octanol–water partition coefficient (Wildman–Crippen LogP) is 3.65. The third-order valence-electron chi connectivity index (χ3n) is 3.33. The van der Waals surface area contributed by atoms with Crippen LogP contribution >= 0.6 is 11.6 Å². The molecule has 0 aliphatic rings. The van der Waals surface area contributed by atoms with Crippen LogP contribution in [0, 0.1) is 5.82 Å². The quantitative estimate of drug-likeness (QED) is 0.564. The van der Waals surface area contributed by atoms with Gasteiger partial charge in [0.1, 0.15) is 5.82 Å². The second kappa shape index (κ2) is 7.67. The summed E-state index contributed by atoms with van der Waals surface area (Å²) < 4.78 is 44.6. The highest BCUT2D eigenvalue weighted by Crippen LogP contribution is 2.31. The van der Waals surface area contributed by atoms with Crippen molar-refractivity contribution in [2.45, 2.75) is 4.90 Å². The van der Waals surface area contributed by atoms with Crippen LogP contribution in [0.5, 0.6) is 0 Å². The number of benzene rings is 2. The molecule has 8 heteroatoms. The lowest BCUT2D eigenvalue weighted by molar-refractivity contribution is 0.0600. The number of carbonyl (C=O) groups is 1. The van der Waals surface area contributed by atoms with Crippen molar-refractivity contribution in [3.63, 3.8) is 0 Å². The van der Waals surface area contributed by atoms with Gasteiger partial charge in [0.25, 0.3) is 10.0 Å². The van der Waals surface area contributed by atoms with E-state index in [0.717, 1.165) is 28.6 Å². The van der Waals surface area contributed by atoms with Crippen LogP contribution in [0.1, 0.15) is 10.4 Å². The average molecular weight is 384 g/mol. The molecule has 0 aliphatic carbocycles. The molecule has 0 aliphatic heterocycles. The summed E-state index contributed by atoms with van der Waals surface area (Å²) in [6, 6.07) is 8.54. The molecule has 0 fully saturated rings. The topological polar surface area (TPSA) is 63.7 Å². The van der Waals surface area contributed by atoms with Gasteiger partial charge in [-0.25, -0.2) is 17.6 Å². The highest BCUT2D eigenvalue weighted by Gasteiger charge is 2.26. The van der Waals surface area contributed by atoms with E-state index < -0.39 is 21.8 Å². The molecule has 0 saturated carbocycles. The highest BCUT2D eigenvalue weighted by molar-refractivity contribution is 7.92. The van der Waals surface area contributed by atoms with E-state index in [1.165, 1.54) is 31.4 Å². The van der Waals surface area contributed by atoms with E-state index in [0.29, 0.717) is 0 Å². The number of sulfonamides is 1. The van der Waals surface area contributed by atoms with E-state index in [2.05, 4.69) is 11.3 Å². The van der Waals surface area contributed by atoms with Gasteiger partial charge in [-0.3, -0.25) is 4.31 Å². The summed E-state index contributed by atoms with van der Waals surface area (Å²) >= 11 is 6.14. The number of ether oxygens (including phenoxy) is 1. The van der Waals surface area contributed by atoms with Gasteiger partial charge < -0.3 is 4.74 Å². The van der Waals surface area contributed by atoms with Gasteiger partial charge in [-0.15, -0.1) is 6.58 Å².